The minimum absolute atomic E-state index is 0.143. The van der Waals surface area contributed by atoms with Crippen LogP contribution in [-0.4, -0.2) is 114 Å². The summed E-state index contributed by atoms with van der Waals surface area (Å²) in [4.78, 5) is 68.8. The largest absolute Gasteiger partial charge is 0.489 e. The van der Waals surface area contributed by atoms with Crippen LogP contribution in [-0.2, 0) is 19.1 Å². The fraction of sp³-hybridized carbons (Fsp3) is 0.554. The predicted molar refractivity (Wildman–Crippen MR) is 280 cm³/mol. The van der Waals surface area contributed by atoms with Crippen molar-refractivity contribution in [3.05, 3.63) is 93.8 Å². The van der Waals surface area contributed by atoms with Crippen molar-refractivity contribution in [2.75, 3.05) is 44.2 Å². The standard InChI is InChI=1S/C56H73ClN8O7/c1-33(35-12-14-36(15-13-35)41-20-21-59-34(41)2)61-50(70)43-27-39(66)26-42(43)47(68)48(53(3,4)5)62-46(67)31-71-54(6,7)32-64-22-24-65(25-23-64)45-19-17-38(30-60-45)49(69)63-51-55(8,9)52(56(51,10)11)72-40-18-16-37(29-58)44(57)28-40/h12-19,21,28,30,33,39,42-43,48,51-52,66H,20,22-27,31-32H2,1-11H3,(H,61,70)(H,62,67)(H,63,69)/t33-,39-,42?,43?,48?,51?,52?/m0/s1. The molecule has 15 nitrogen and oxygen atoms in total. The van der Waals surface area contributed by atoms with Gasteiger partial charge in [-0.2, -0.15) is 5.26 Å². The second-order valence-corrected chi connectivity index (χ2v) is 23.5. The number of allylic oxidation sites excluding steroid dienone is 2. The zero-order chi connectivity index (χ0) is 52.5. The number of Topliss-reactive ketones (excluding diaryl/α,β-unsaturated/α-hetero) is 1. The Morgan fingerprint density at radius 1 is 0.931 bits per heavy atom. The summed E-state index contributed by atoms with van der Waals surface area (Å²) in [6, 6.07) is 17.4. The van der Waals surface area contributed by atoms with Crippen LogP contribution in [0.2, 0.25) is 5.02 Å². The van der Waals surface area contributed by atoms with Gasteiger partial charge >= 0.3 is 0 Å². The molecule has 4 aliphatic rings. The van der Waals surface area contributed by atoms with Gasteiger partial charge in [-0.15, -0.1) is 0 Å². The lowest BCUT2D eigenvalue weighted by atomic mass is 9.49. The molecule has 3 amide bonds. The number of nitrogens with zero attached hydrogens (tertiary/aromatic N) is 5. The first kappa shape index (κ1) is 54.1. The lowest BCUT2D eigenvalue weighted by Gasteiger charge is -2.63. The van der Waals surface area contributed by atoms with Crippen molar-refractivity contribution in [3.63, 3.8) is 0 Å². The summed E-state index contributed by atoms with van der Waals surface area (Å²) in [6.07, 6.45) is 3.58. The molecule has 2 aromatic carbocycles. The van der Waals surface area contributed by atoms with Gasteiger partial charge in [0.2, 0.25) is 11.8 Å². The smallest absolute Gasteiger partial charge is 0.253 e. The summed E-state index contributed by atoms with van der Waals surface area (Å²) in [5, 5.41) is 29.6. The SMILES string of the molecule is CC1=C(c2ccc([C@H](C)NC(=O)C3C[C@@H](O)CC3C(=O)C(NC(=O)COC(C)(C)CN3CCN(c4ccc(C(=O)NC5C(C)(C)C(Oc6ccc(C#N)c(Cl)c6)C5(C)C)cn4)CC3)C(C)(C)C)cc2)CC=N1. The van der Waals surface area contributed by atoms with Gasteiger partial charge in [-0.3, -0.25) is 29.1 Å². The van der Waals surface area contributed by atoms with E-state index in [-0.39, 0.29) is 55.2 Å². The van der Waals surface area contributed by atoms with Gasteiger partial charge in [-0.05, 0) is 86.9 Å². The summed E-state index contributed by atoms with van der Waals surface area (Å²) in [5.74, 6) is -1.37. The highest BCUT2D eigenvalue weighted by molar-refractivity contribution is 6.31. The molecule has 1 saturated heterocycles. The Hall–Kier alpha value is -5.66. The molecule has 2 aliphatic heterocycles. The molecular formula is C56H73ClN8O7. The molecule has 386 valence electrons. The van der Waals surface area contributed by atoms with E-state index < -0.39 is 51.7 Å². The van der Waals surface area contributed by atoms with Crippen molar-refractivity contribution in [2.45, 2.75) is 131 Å². The number of ether oxygens (including phenoxy) is 2. The molecule has 16 heteroatoms. The van der Waals surface area contributed by atoms with Crippen LogP contribution >= 0.6 is 11.6 Å². The molecule has 3 heterocycles. The van der Waals surface area contributed by atoms with Crippen molar-refractivity contribution in [1.82, 2.24) is 25.8 Å². The van der Waals surface area contributed by atoms with E-state index in [1.807, 2.05) is 85.0 Å². The molecule has 1 aromatic heterocycles. The minimum atomic E-state index is -0.910. The Labute approximate surface area is 430 Å². The van der Waals surface area contributed by atoms with Gasteiger partial charge in [0.1, 0.15) is 30.3 Å². The number of amides is 3. The number of pyridine rings is 1. The van der Waals surface area contributed by atoms with Crippen LogP contribution in [0.15, 0.2) is 71.5 Å². The van der Waals surface area contributed by atoms with E-state index in [2.05, 4.69) is 69.5 Å². The van der Waals surface area contributed by atoms with Crippen molar-refractivity contribution in [2.24, 2.45) is 33.1 Å². The molecule has 0 radical (unpaired) electrons. The number of rotatable bonds is 17. The molecular weight excluding hydrogens is 932 g/mol. The highest BCUT2D eigenvalue weighted by Crippen LogP contribution is 2.55. The van der Waals surface area contributed by atoms with Gasteiger partial charge in [-0.25, -0.2) is 4.98 Å². The summed E-state index contributed by atoms with van der Waals surface area (Å²) in [6.45, 7) is 24.9. The van der Waals surface area contributed by atoms with E-state index in [0.29, 0.717) is 41.5 Å². The average molecular weight is 1010 g/mol. The number of piperazine rings is 1. The van der Waals surface area contributed by atoms with Crippen LogP contribution in [0.25, 0.3) is 5.57 Å². The van der Waals surface area contributed by atoms with Crippen molar-refractivity contribution >= 4 is 52.7 Å². The van der Waals surface area contributed by atoms with Crippen LogP contribution in [0.5, 0.6) is 5.75 Å². The molecule has 2 aliphatic carbocycles. The fourth-order valence-electron chi connectivity index (χ4n) is 11.4. The van der Waals surface area contributed by atoms with E-state index in [9.17, 15) is 29.5 Å². The minimum Gasteiger partial charge on any atom is -0.489 e. The number of aliphatic hydroxyl groups is 1. The number of nitrogens with one attached hydrogen (secondary N) is 3. The molecule has 5 atom stereocenters. The first-order chi connectivity index (χ1) is 33.8. The number of aliphatic imine (C=N–C) groups is 1. The maximum Gasteiger partial charge on any atom is 0.253 e. The van der Waals surface area contributed by atoms with E-state index >= 15 is 0 Å². The first-order valence-electron chi connectivity index (χ1n) is 25.2. The number of aromatic nitrogens is 1. The predicted octanol–water partition coefficient (Wildman–Crippen LogP) is 7.71. The lowest BCUT2D eigenvalue weighted by molar-refractivity contribution is -0.164. The van der Waals surface area contributed by atoms with Crippen molar-refractivity contribution in [3.8, 4) is 11.8 Å². The number of anilines is 1. The average Bonchev–Trinajstić information content (AvgIpc) is 3.95. The molecule has 72 heavy (non-hydrogen) atoms. The van der Waals surface area contributed by atoms with Crippen LogP contribution in [0.4, 0.5) is 5.82 Å². The lowest BCUT2D eigenvalue weighted by Crippen LogP contribution is -2.74. The highest BCUT2D eigenvalue weighted by atomic mass is 35.5. The Kier molecular flexibility index (Phi) is 16.1. The van der Waals surface area contributed by atoms with Gasteiger partial charge < -0.3 is 35.4 Å². The molecule has 2 saturated carbocycles. The van der Waals surface area contributed by atoms with Gasteiger partial charge in [-0.1, -0.05) is 84.3 Å². The summed E-state index contributed by atoms with van der Waals surface area (Å²) < 4.78 is 12.6. The van der Waals surface area contributed by atoms with E-state index in [4.69, 9.17) is 21.1 Å². The number of hydrogen-bond acceptors (Lipinski definition) is 12. The van der Waals surface area contributed by atoms with Crippen molar-refractivity contribution < 1.29 is 33.8 Å². The highest BCUT2D eigenvalue weighted by Gasteiger charge is 2.64. The Bertz CT molecular complexity index is 2590. The van der Waals surface area contributed by atoms with Gasteiger partial charge in [0.15, 0.2) is 5.78 Å². The summed E-state index contributed by atoms with van der Waals surface area (Å²) in [7, 11) is 0. The number of aliphatic hydroxyl groups excluding tert-OH is 1. The van der Waals surface area contributed by atoms with Gasteiger partial charge in [0.05, 0.1) is 45.9 Å². The molecule has 4 N–H and O–H groups in total. The Morgan fingerprint density at radius 3 is 2.18 bits per heavy atom. The van der Waals surface area contributed by atoms with Gasteiger partial charge in [0, 0.05) is 86.1 Å². The molecule has 0 spiro atoms. The van der Waals surface area contributed by atoms with Crippen LogP contribution in [0, 0.1) is 39.4 Å². The van der Waals surface area contributed by atoms with Gasteiger partial charge in [0.25, 0.3) is 5.91 Å². The normalized spacial score (nSPS) is 23.7. The third-order valence-electron chi connectivity index (χ3n) is 15.2. The van der Waals surface area contributed by atoms with E-state index in [1.165, 1.54) is 5.57 Å². The number of ketones is 1. The Morgan fingerprint density at radius 2 is 1.60 bits per heavy atom. The molecule has 3 unspecified atom stereocenters. The molecule has 3 aromatic rings. The zero-order valence-electron chi connectivity index (χ0n) is 43.8. The second kappa shape index (κ2) is 21.4. The monoisotopic (exact) mass is 1000 g/mol. The maximum atomic E-state index is 14.3. The zero-order valence-corrected chi connectivity index (χ0v) is 44.5. The molecule has 3 fully saturated rings. The third kappa shape index (κ3) is 12.1. The Balaban J connectivity index is 0.861. The number of hydrogen-bond donors (Lipinski definition) is 4. The molecule has 7 rings (SSSR count). The fourth-order valence-corrected chi connectivity index (χ4v) is 11.7. The van der Waals surface area contributed by atoms with E-state index in [0.717, 1.165) is 42.2 Å². The number of carbonyl (C=O) groups is 4. The topological polar surface area (TPSA) is 199 Å². The maximum absolute atomic E-state index is 14.3. The first-order valence-corrected chi connectivity index (χ1v) is 25.6. The summed E-state index contributed by atoms with van der Waals surface area (Å²) >= 11 is 6.27. The summed E-state index contributed by atoms with van der Waals surface area (Å²) in [5.41, 5.74) is 2.86. The van der Waals surface area contributed by atoms with Crippen LogP contribution in [0.1, 0.15) is 129 Å². The third-order valence-corrected chi connectivity index (χ3v) is 15.5. The number of carbonyl (C=O) groups excluding carboxylic acids is 4. The van der Waals surface area contributed by atoms with E-state index in [1.54, 1.807) is 30.5 Å². The number of halogens is 1. The van der Waals surface area contributed by atoms with Crippen LogP contribution < -0.4 is 25.6 Å². The van der Waals surface area contributed by atoms with Crippen molar-refractivity contribution in [1.29, 1.82) is 5.26 Å². The number of benzene rings is 2. The molecule has 0 bridgehead atoms. The number of nitriles is 1. The quantitative estimate of drug-likeness (QED) is 0.103. The second-order valence-electron chi connectivity index (χ2n) is 23.1. The van der Waals surface area contributed by atoms with Crippen LogP contribution in [0.3, 0.4) is 0 Å².